The molecule has 11 heteroatoms. The summed E-state index contributed by atoms with van der Waals surface area (Å²) in [6.45, 7) is 0. The smallest absolute Gasteiger partial charge is 0.303 e. The molecule has 0 saturated carbocycles. The van der Waals surface area contributed by atoms with Gasteiger partial charge in [-0.25, -0.2) is 0 Å². The minimum atomic E-state index is -6.70. The maximum absolute atomic E-state index is 12.3. The first-order valence-corrected chi connectivity index (χ1v) is 3.54. The monoisotopic (exact) mass is 280 g/mol. The average Bonchev–Trinajstić information content (AvgIpc) is 1.99. The Labute approximate surface area is 86.4 Å². The Kier molecular flexibility index (Phi) is 3.77. The Morgan fingerprint density at radius 1 is 0.647 bits per heavy atom. The van der Waals surface area contributed by atoms with Crippen LogP contribution in [-0.4, -0.2) is 30.5 Å². The summed E-state index contributed by atoms with van der Waals surface area (Å²) in [7, 11) is 0. The first kappa shape index (κ1) is 16.0. The zero-order valence-electron chi connectivity index (χ0n) is 7.34. The molecule has 0 heterocycles. The van der Waals surface area contributed by atoms with Crippen molar-refractivity contribution in [3.63, 3.8) is 0 Å². The van der Waals surface area contributed by atoms with Crippen LogP contribution in [0.3, 0.4) is 0 Å². The van der Waals surface area contributed by atoms with E-state index in [0.29, 0.717) is 0 Å². The van der Waals surface area contributed by atoms with Crippen LogP contribution in [0.25, 0.3) is 0 Å². The summed E-state index contributed by atoms with van der Waals surface area (Å²) >= 11 is 0. The highest BCUT2D eigenvalue weighted by atomic mass is 19.4. The summed E-state index contributed by atoms with van der Waals surface area (Å²) in [5, 5.41) is 0. The quantitative estimate of drug-likeness (QED) is 0.573. The van der Waals surface area contributed by atoms with Crippen molar-refractivity contribution >= 4 is 6.29 Å². The highest BCUT2D eigenvalue weighted by molar-refractivity contribution is 5.57. The van der Waals surface area contributed by atoms with Crippen molar-refractivity contribution in [1.29, 1.82) is 0 Å². The molecule has 0 rings (SSSR count). The molecule has 17 heavy (non-hydrogen) atoms. The molecule has 0 radical (unpaired) electrons. The van der Waals surface area contributed by atoms with E-state index in [-0.39, 0.29) is 0 Å². The lowest BCUT2D eigenvalue weighted by Gasteiger charge is -2.31. The van der Waals surface area contributed by atoms with E-state index in [1.165, 1.54) is 0 Å². The van der Waals surface area contributed by atoms with E-state index < -0.39 is 36.4 Å². The maximum atomic E-state index is 12.3. The van der Waals surface area contributed by atoms with Gasteiger partial charge in [0.1, 0.15) is 6.29 Å². The molecule has 0 saturated heterocycles. The summed E-state index contributed by atoms with van der Waals surface area (Å²) in [6.07, 6.45) is -15.2. The molecule has 0 aliphatic rings. The molecule has 1 nitrogen and oxygen atoms in total. The fourth-order valence-electron chi connectivity index (χ4n) is 0.751. The van der Waals surface area contributed by atoms with Gasteiger partial charge in [-0.2, -0.15) is 43.9 Å². The van der Waals surface area contributed by atoms with Crippen molar-refractivity contribution < 1.29 is 48.7 Å². The number of carbonyl (C=O) groups excluding carboxylic acids is 1. The number of alkyl halides is 10. The molecule has 102 valence electrons. The number of hydrogen-bond acceptors (Lipinski definition) is 1. The number of carbonyl (C=O) groups is 1. The van der Waals surface area contributed by atoms with Crippen LogP contribution < -0.4 is 0 Å². The van der Waals surface area contributed by atoms with Crippen molar-refractivity contribution in [2.75, 3.05) is 0 Å². The van der Waals surface area contributed by atoms with Crippen LogP contribution in [0.4, 0.5) is 43.9 Å². The predicted octanol–water partition coefficient (Wildman–Crippen LogP) is 3.20. The third kappa shape index (κ3) is 2.63. The van der Waals surface area contributed by atoms with E-state index >= 15 is 0 Å². The number of halogens is 10. The third-order valence-electron chi connectivity index (χ3n) is 1.67. The minimum absolute atomic E-state index is 1.76. The Morgan fingerprint density at radius 3 is 1.00 bits per heavy atom. The van der Waals surface area contributed by atoms with Gasteiger partial charge in [-0.1, -0.05) is 0 Å². The lowest BCUT2D eigenvalue weighted by molar-refractivity contribution is -0.362. The van der Waals surface area contributed by atoms with Crippen molar-refractivity contribution in [2.45, 2.75) is 24.2 Å². The van der Waals surface area contributed by atoms with Crippen LogP contribution in [-0.2, 0) is 4.79 Å². The fraction of sp³-hybridized carbons (Fsp3) is 0.833. The number of hydrogen-bond donors (Lipinski definition) is 0. The topological polar surface area (TPSA) is 17.1 Å². The van der Waals surface area contributed by atoms with E-state index in [4.69, 9.17) is 0 Å². The van der Waals surface area contributed by atoms with E-state index in [0.717, 1.165) is 0 Å². The molecule has 0 unspecified atom stereocenters. The van der Waals surface area contributed by atoms with Crippen LogP contribution in [0.5, 0.6) is 0 Å². The van der Waals surface area contributed by atoms with Gasteiger partial charge in [0, 0.05) is 0 Å². The molecule has 0 N–H and O–H groups in total. The van der Waals surface area contributed by atoms with Gasteiger partial charge in [0.2, 0.25) is 0 Å². The van der Waals surface area contributed by atoms with Gasteiger partial charge >= 0.3 is 24.2 Å². The van der Waals surface area contributed by atoms with Crippen molar-refractivity contribution in [3.05, 3.63) is 0 Å². The van der Waals surface area contributed by atoms with Gasteiger partial charge < -0.3 is 4.79 Å². The van der Waals surface area contributed by atoms with E-state index in [9.17, 15) is 48.7 Å². The Bertz CT molecular complexity index is 260. The maximum Gasteiger partial charge on any atom is 0.454 e. The van der Waals surface area contributed by atoms with E-state index in [1.54, 1.807) is 0 Å². The second-order valence-corrected chi connectivity index (χ2v) is 2.86. The molecular formula is C6H2F10O. The fourth-order valence-corrected chi connectivity index (χ4v) is 0.751. The van der Waals surface area contributed by atoms with Crippen molar-refractivity contribution in [1.82, 2.24) is 0 Å². The lowest BCUT2D eigenvalue weighted by atomic mass is 9.94. The molecule has 0 fully saturated rings. The molecule has 0 aliphatic carbocycles. The molecule has 0 bridgehead atoms. The SMILES string of the molecule is O=CC(C(F)(F)C(F)(F)F)C(F)(F)C(F)(F)F. The van der Waals surface area contributed by atoms with Crippen LogP contribution in [0.15, 0.2) is 0 Å². The molecular weight excluding hydrogens is 278 g/mol. The lowest BCUT2D eigenvalue weighted by Crippen LogP contribution is -2.57. The average molecular weight is 280 g/mol. The van der Waals surface area contributed by atoms with E-state index in [2.05, 4.69) is 0 Å². The zero-order valence-corrected chi connectivity index (χ0v) is 7.34. The van der Waals surface area contributed by atoms with Gasteiger partial charge in [0.05, 0.1) is 0 Å². The largest absolute Gasteiger partial charge is 0.454 e. The van der Waals surface area contributed by atoms with Gasteiger partial charge in [-0.3, -0.25) is 0 Å². The standard InChI is InChI=1S/C6H2F10O/c7-3(8,5(11,12)13)2(1-17)4(9,10)6(14,15)16/h1-2H. The predicted molar refractivity (Wildman–Crippen MR) is 31.6 cm³/mol. The summed E-state index contributed by atoms with van der Waals surface area (Å²) in [5.41, 5.74) is 0. The Balaban J connectivity index is 5.60. The normalized spacial score (nSPS) is 15.2. The molecule has 0 aromatic carbocycles. The summed E-state index contributed by atoms with van der Waals surface area (Å²) in [6, 6.07) is 0. The highest BCUT2D eigenvalue weighted by Gasteiger charge is 2.76. The first-order chi connectivity index (χ1) is 7.19. The van der Waals surface area contributed by atoms with Gasteiger partial charge in [0.25, 0.3) is 0 Å². The van der Waals surface area contributed by atoms with Crippen LogP contribution in [0.1, 0.15) is 0 Å². The molecule has 0 aliphatic heterocycles. The van der Waals surface area contributed by atoms with Crippen LogP contribution in [0.2, 0.25) is 0 Å². The summed E-state index contributed by atoms with van der Waals surface area (Å²) in [4.78, 5) is 9.73. The minimum Gasteiger partial charge on any atom is -0.303 e. The molecule has 0 atom stereocenters. The van der Waals surface area contributed by atoms with Gasteiger partial charge in [-0.05, 0) is 0 Å². The molecule has 0 aromatic rings. The first-order valence-electron chi connectivity index (χ1n) is 3.54. The highest BCUT2D eigenvalue weighted by Crippen LogP contribution is 2.51. The number of aldehydes is 1. The second-order valence-electron chi connectivity index (χ2n) is 2.86. The second kappa shape index (κ2) is 4.02. The summed E-state index contributed by atoms with van der Waals surface area (Å²) in [5.74, 6) is -17.9. The Hall–Kier alpha value is -1.03. The summed E-state index contributed by atoms with van der Waals surface area (Å²) < 4.78 is 119. The Morgan fingerprint density at radius 2 is 0.882 bits per heavy atom. The number of rotatable bonds is 3. The van der Waals surface area contributed by atoms with Crippen molar-refractivity contribution in [2.24, 2.45) is 5.92 Å². The van der Waals surface area contributed by atoms with Crippen LogP contribution in [0, 0.1) is 5.92 Å². The van der Waals surface area contributed by atoms with Gasteiger partial charge in [0.15, 0.2) is 5.92 Å². The zero-order chi connectivity index (χ0) is 14.3. The van der Waals surface area contributed by atoms with Gasteiger partial charge in [-0.15, -0.1) is 0 Å². The molecule has 0 aromatic heterocycles. The molecule has 0 spiro atoms. The molecule has 0 amide bonds. The van der Waals surface area contributed by atoms with Crippen LogP contribution >= 0.6 is 0 Å². The van der Waals surface area contributed by atoms with Crippen molar-refractivity contribution in [3.8, 4) is 0 Å². The van der Waals surface area contributed by atoms with E-state index in [1.807, 2.05) is 0 Å². The third-order valence-corrected chi connectivity index (χ3v) is 1.67.